The minimum atomic E-state index is -0.149. The first-order valence-electron chi connectivity index (χ1n) is 8.29. The number of carbonyl (C=O) groups excluding carboxylic acids is 2. The molecule has 1 N–H and O–H groups in total. The molecular weight excluding hydrogens is 302 g/mol. The molecule has 2 saturated heterocycles. The van der Waals surface area contributed by atoms with Gasteiger partial charge in [0.25, 0.3) is 0 Å². The zero-order chi connectivity index (χ0) is 15.6. The van der Waals surface area contributed by atoms with Crippen molar-refractivity contribution < 1.29 is 9.59 Å². The van der Waals surface area contributed by atoms with Crippen LogP contribution in [0.1, 0.15) is 47.0 Å². The van der Waals surface area contributed by atoms with Gasteiger partial charge >= 0.3 is 0 Å². The molecule has 0 spiro atoms. The van der Waals surface area contributed by atoms with Crippen LogP contribution in [-0.2, 0) is 9.59 Å². The molecule has 2 heterocycles. The van der Waals surface area contributed by atoms with E-state index in [9.17, 15) is 9.59 Å². The van der Waals surface area contributed by atoms with Gasteiger partial charge in [-0.05, 0) is 27.2 Å². The lowest BCUT2D eigenvalue weighted by atomic mass is 10.0. The van der Waals surface area contributed by atoms with Gasteiger partial charge < -0.3 is 15.1 Å². The van der Waals surface area contributed by atoms with Crippen molar-refractivity contribution in [2.45, 2.75) is 65.1 Å². The SMILES string of the molecule is CCCC(C)N1CC(C(=O)N2CCNC(C)C2C)CC1=O.Cl. The first kappa shape index (κ1) is 19.2. The fraction of sp³-hybridized carbons (Fsp3) is 0.875. The molecule has 0 aromatic rings. The number of halogens is 1. The van der Waals surface area contributed by atoms with Gasteiger partial charge in [-0.2, -0.15) is 0 Å². The maximum absolute atomic E-state index is 12.7. The van der Waals surface area contributed by atoms with Gasteiger partial charge in [-0.3, -0.25) is 9.59 Å². The van der Waals surface area contributed by atoms with Crippen LogP contribution in [0.5, 0.6) is 0 Å². The summed E-state index contributed by atoms with van der Waals surface area (Å²) in [6.07, 6.45) is 2.46. The van der Waals surface area contributed by atoms with E-state index in [1.54, 1.807) is 0 Å². The third-order valence-electron chi connectivity index (χ3n) is 5.06. The highest BCUT2D eigenvalue weighted by Crippen LogP contribution is 2.25. The zero-order valence-corrected chi connectivity index (χ0v) is 15.0. The maximum Gasteiger partial charge on any atom is 0.228 e. The van der Waals surface area contributed by atoms with Gasteiger partial charge in [-0.25, -0.2) is 0 Å². The molecule has 0 aromatic heterocycles. The molecule has 2 fully saturated rings. The largest absolute Gasteiger partial charge is 0.339 e. The number of likely N-dealkylation sites (tertiary alicyclic amines) is 1. The van der Waals surface area contributed by atoms with Gasteiger partial charge in [0.1, 0.15) is 0 Å². The monoisotopic (exact) mass is 331 g/mol. The number of hydrogen-bond acceptors (Lipinski definition) is 3. The minimum Gasteiger partial charge on any atom is -0.339 e. The van der Waals surface area contributed by atoms with Gasteiger partial charge in [-0.15, -0.1) is 12.4 Å². The Bertz CT molecular complexity index is 405. The van der Waals surface area contributed by atoms with Crippen molar-refractivity contribution in [1.29, 1.82) is 0 Å². The quantitative estimate of drug-likeness (QED) is 0.852. The zero-order valence-electron chi connectivity index (χ0n) is 14.2. The number of amides is 2. The second-order valence-electron chi connectivity index (χ2n) is 6.60. The number of hydrogen-bond donors (Lipinski definition) is 1. The molecule has 22 heavy (non-hydrogen) atoms. The number of nitrogens with zero attached hydrogens (tertiary/aromatic N) is 2. The molecule has 6 heteroatoms. The van der Waals surface area contributed by atoms with Crippen LogP contribution in [0.4, 0.5) is 0 Å². The second-order valence-corrected chi connectivity index (χ2v) is 6.60. The van der Waals surface area contributed by atoms with Crippen LogP contribution < -0.4 is 5.32 Å². The Hall–Kier alpha value is -0.810. The summed E-state index contributed by atoms with van der Waals surface area (Å²) in [5.41, 5.74) is 0. The number of piperazine rings is 1. The van der Waals surface area contributed by atoms with Gasteiger partial charge in [0.05, 0.1) is 5.92 Å². The molecule has 5 nitrogen and oxygen atoms in total. The van der Waals surface area contributed by atoms with Crippen molar-refractivity contribution in [2.24, 2.45) is 5.92 Å². The molecule has 2 aliphatic heterocycles. The summed E-state index contributed by atoms with van der Waals surface area (Å²) in [7, 11) is 0. The Morgan fingerprint density at radius 1 is 1.41 bits per heavy atom. The normalized spacial score (nSPS) is 30.2. The van der Waals surface area contributed by atoms with Crippen LogP contribution in [0.2, 0.25) is 0 Å². The summed E-state index contributed by atoms with van der Waals surface area (Å²) in [6.45, 7) is 10.6. The highest BCUT2D eigenvalue weighted by molar-refractivity contribution is 5.89. The smallest absolute Gasteiger partial charge is 0.228 e. The molecule has 2 amide bonds. The summed E-state index contributed by atoms with van der Waals surface area (Å²) in [4.78, 5) is 28.8. The minimum absolute atomic E-state index is 0. The summed E-state index contributed by atoms with van der Waals surface area (Å²) in [5.74, 6) is 0.157. The molecular formula is C16H30ClN3O2. The van der Waals surface area contributed by atoms with E-state index in [0.29, 0.717) is 19.0 Å². The number of nitrogens with one attached hydrogen (secondary N) is 1. The van der Waals surface area contributed by atoms with E-state index in [0.717, 1.165) is 25.9 Å². The fourth-order valence-electron chi connectivity index (χ4n) is 3.50. The Morgan fingerprint density at radius 3 is 2.73 bits per heavy atom. The van der Waals surface area contributed by atoms with Crippen LogP contribution in [0.15, 0.2) is 0 Å². The number of rotatable bonds is 4. The predicted octanol–water partition coefficient (Wildman–Crippen LogP) is 1.65. The third-order valence-corrected chi connectivity index (χ3v) is 5.06. The summed E-state index contributed by atoms with van der Waals surface area (Å²) >= 11 is 0. The van der Waals surface area contributed by atoms with E-state index >= 15 is 0 Å². The molecule has 0 bridgehead atoms. The van der Waals surface area contributed by atoms with E-state index < -0.39 is 0 Å². The van der Waals surface area contributed by atoms with E-state index in [-0.39, 0.29) is 42.2 Å². The van der Waals surface area contributed by atoms with Crippen LogP contribution in [0.25, 0.3) is 0 Å². The molecule has 0 aromatic carbocycles. The number of carbonyl (C=O) groups is 2. The third kappa shape index (κ3) is 3.93. The summed E-state index contributed by atoms with van der Waals surface area (Å²) in [6, 6.07) is 0.762. The van der Waals surface area contributed by atoms with Crippen LogP contribution in [-0.4, -0.2) is 59.4 Å². The van der Waals surface area contributed by atoms with Gasteiger partial charge in [-0.1, -0.05) is 13.3 Å². The van der Waals surface area contributed by atoms with E-state index in [4.69, 9.17) is 0 Å². The van der Waals surface area contributed by atoms with E-state index in [1.165, 1.54) is 0 Å². The molecule has 128 valence electrons. The molecule has 0 radical (unpaired) electrons. The summed E-state index contributed by atoms with van der Waals surface area (Å²) < 4.78 is 0. The average Bonchev–Trinajstić information content (AvgIpc) is 2.83. The molecule has 0 aliphatic carbocycles. The molecule has 0 saturated carbocycles. The van der Waals surface area contributed by atoms with E-state index in [1.807, 2.05) is 9.80 Å². The van der Waals surface area contributed by atoms with Crippen molar-refractivity contribution in [3.8, 4) is 0 Å². The molecule has 4 unspecified atom stereocenters. The van der Waals surface area contributed by atoms with Crippen molar-refractivity contribution in [3.63, 3.8) is 0 Å². The molecule has 2 rings (SSSR count). The maximum atomic E-state index is 12.7. The second kappa shape index (κ2) is 8.16. The lowest BCUT2D eigenvalue weighted by molar-refractivity contribution is -0.139. The van der Waals surface area contributed by atoms with Crippen LogP contribution in [0, 0.1) is 5.92 Å². The van der Waals surface area contributed by atoms with Crippen molar-refractivity contribution in [3.05, 3.63) is 0 Å². The van der Waals surface area contributed by atoms with Crippen molar-refractivity contribution in [2.75, 3.05) is 19.6 Å². The van der Waals surface area contributed by atoms with Crippen molar-refractivity contribution >= 4 is 24.2 Å². The Balaban J connectivity index is 0.00000242. The van der Waals surface area contributed by atoms with Crippen LogP contribution >= 0.6 is 12.4 Å². The van der Waals surface area contributed by atoms with Gasteiger partial charge in [0.15, 0.2) is 0 Å². The first-order chi connectivity index (χ1) is 9.95. The predicted molar refractivity (Wildman–Crippen MR) is 90.1 cm³/mol. The van der Waals surface area contributed by atoms with Gasteiger partial charge in [0, 0.05) is 44.2 Å². The Kier molecular flexibility index (Phi) is 7.13. The van der Waals surface area contributed by atoms with Gasteiger partial charge in [0.2, 0.25) is 11.8 Å². The van der Waals surface area contributed by atoms with Crippen molar-refractivity contribution in [1.82, 2.24) is 15.1 Å². The lowest BCUT2D eigenvalue weighted by Gasteiger charge is -2.39. The topological polar surface area (TPSA) is 52.7 Å². The standard InChI is InChI=1S/C16H29N3O2.ClH/c1-5-6-11(2)19-10-14(9-15(19)20)16(21)18-8-7-17-12(3)13(18)4;/h11-14,17H,5-10H2,1-4H3;1H. The van der Waals surface area contributed by atoms with E-state index in [2.05, 4.69) is 33.0 Å². The Labute approximate surface area is 140 Å². The molecule has 2 aliphatic rings. The molecule has 4 atom stereocenters. The average molecular weight is 332 g/mol. The lowest BCUT2D eigenvalue weighted by Crippen LogP contribution is -2.58. The highest BCUT2D eigenvalue weighted by Gasteiger charge is 2.40. The first-order valence-corrected chi connectivity index (χ1v) is 8.29. The fourth-order valence-corrected chi connectivity index (χ4v) is 3.50. The highest BCUT2D eigenvalue weighted by atomic mass is 35.5. The van der Waals surface area contributed by atoms with Crippen LogP contribution in [0.3, 0.4) is 0 Å². The Morgan fingerprint density at radius 2 is 2.09 bits per heavy atom. The summed E-state index contributed by atoms with van der Waals surface area (Å²) in [5, 5.41) is 3.39.